The highest BCUT2D eigenvalue weighted by molar-refractivity contribution is 7.92. The van der Waals surface area contributed by atoms with Crippen molar-refractivity contribution >= 4 is 27.3 Å². The van der Waals surface area contributed by atoms with Crippen LogP contribution < -0.4 is 9.62 Å². The third-order valence-electron chi connectivity index (χ3n) is 4.33. The Morgan fingerprint density at radius 3 is 2.59 bits per heavy atom. The van der Waals surface area contributed by atoms with Gasteiger partial charge in [-0.3, -0.25) is 9.52 Å². The Kier molecular flexibility index (Phi) is 4.19. The van der Waals surface area contributed by atoms with Crippen molar-refractivity contribution in [1.82, 2.24) is 0 Å². The van der Waals surface area contributed by atoms with E-state index in [1.807, 2.05) is 0 Å². The summed E-state index contributed by atoms with van der Waals surface area (Å²) in [6, 6.07) is 12.8. The Bertz CT molecular complexity index is 1090. The van der Waals surface area contributed by atoms with Crippen LogP contribution in [-0.4, -0.2) is 20.9 Å². The molecule has 3 aromatic rings. The summed E-state index contributed by atoms with van der Waals surface area (Å²) >= 11 is 0. The van der Waals surface area contributed by atoms with Gasteiger partial charge in [-0.2, -0.15) is 0 Å². The zero-order valence-corrected chi connectivity index (χ0v) is 14.9. The molecule has 1 N–H and O–H groups in total. The van der Waals surface area contributed by atoms with Gasteiger partial charge in [0.05, 0.1) is 16.8 Å². The van der Waals surface area contributed by atoms with Crippen molar-refractivity contribution in [2.45, 2.75) is 11.3 Å². The average Bonchev–Trinajstić information content (AvgIpc) is 3.31. The number of fused-ring (bicyclic) bond motifs is 1. The fourth-order valence-corrected chi connectivity index (χ4v) is 4.06. The largest absolute Gasteiger partial charge is 0.459 e. The normalized spacial score (nSPS) is 13.4. The van der Waals surface area contributed by atoms with Crippen LogP contribution in [0.5, 0.6) is 0 Å². The summed E-state index contributed by atoms with van der Waals surface area (Å²) in [6.07, 6.45) is 2.10. The number of hydrogen-bond acceptors (Lipinski definition) is 4. The number of sulfonamides is 1. The highest BCUT2D eigenvalue weighted by Gasteiger charge is 2.27. The molecule has 1 aromatic heterocycles. The number of anilines is 2. The molecule has 0 saturated heterocycles. The van der Waals surface area contributed by atoms with Gasteiger partial charge in [0.15, 0.2) is 5.76 Å². The molecule has 1 aliphatic rings. The van der Waals surface area contributed by atoms with Crippen molar-refractivity contribution in [3.8, 4) is 0 Å². The lowest BCUT2D eigenvalue weighted by molar-refractivity contribution is 0.0963. The van der Waals surface area contributed by atoms with E-state index in [4.69, 9.17) is 4.42 Å². The number of carbonyl (C=O) groups excluding carboxylic acids is 1. The molecule has 0 atom stereocenters. The van der Waals surface area contributed by atoms with E-state index in [2.05, 4.69) is 4.72 Å². The van der Waals surface area contributed by atoms with Gasteiger partial charge in [-0.05, 0) is 60.5 Å². The Labute approximate surface area is 155 Å². The topological polar surface area (TPSA) is 79.6 Å². The van der Waals surface area contributed by atoms with E-state index in [-0.39, 0.29) is 16.6 Å². The van der Waals surface area contributed by atoms with Crippen LogP contribution in [-0.2, 0) is 16.4 Å². The summed E-state index contributed by atoms with van der Waals surface area (Å²) in [7, 11) is -3.87. The van der Waals surface area contributed by atoms with E-state index in [0.29, 0.717) is 24.3 Å². The molecule has 0 spiro atoms. The van der Waals surface area contributed by atoms with E-state index in [1.54, 1.807) is 35.2 Å². The molecule has 1 amide bonds. The van der Waals surface area contributed by atoms with Crippen LogP contribution in [0.25, 0.3) is 0 Å². The molecule has 0 radical (unpaired) electrons. The predicted molar refractivity (Wildman–Crippen MR) is 97.7 cm³/mol. The number of carbonyl (C=O) groups is 1. The third-order valence-corrected chi connectivity index (χ3v) is 5.73. The molecule has 0 saturated carbocycles. The second-order valence-corrected chi connectivity index (χ2v) is 7.77. The SMILES string of the molecule is O=C(c1ccco1)N1CCc2ccc(NS(=O)(=O)c3ccc(F)cc3)cc21. The second kappa shape index (κ2) is 6.55. The molecule has 4 rings (SSSR count). The molecular formula is C19H15FN2O4S. The minimum absolute atomic E-state index is 0.0482. The van der Waals surface area contributed by atoms with Crippen molar-refractivity contribution in [2.75, 3.05) is 16.2 Å². The van der Waals surface area contributed by atoms with Crippen LogP contribution in [0.1, 0.15) is 16.1 Å². The summed E-state index contributed by atoms with van der Waals surface area (Å²) in [5.41, 5.74) is 1.90. The van der Waals surface area contributed by atoms with Crippen molar-refractivity contribution < 1.29 is 22.0 Å². The smallest absolute Gasteiger partial charge is 0.293 e. The number of amides is 1. The number of nitrogens with one attached hydrogen (secondary N) is 1. The van der Waals surface area contributed by atoms with Crippen LogP contribution in [0.15, 0.2) is 70.2 Å². The number of benzene rings is 2. The molecule has 2 aromatic carbocycles. The minimum atomic E-state index is -3.87. The van der Waals surface area contributed by atoms with Gasteiger partial charge in [-0.15, -0.1) is 0 Å². The monoisotopic (exact) mass is 386 g/mol. The Hall–Kier alpha value is -3.13. The maximum absolute atomic E-state index is 13.0. The van der Waals surface area contributed by atoms with Crippen LogP contribution in [0.2, 0.25) is 0 Å². The standard InChI is InChI=1S/C19H15FN2O4S/c20-14-4-7-16(8-5-14)27(24,25)21-15-6-3-13-9-10-22(17(13)12-15)19(23)18-2-1-11-26-18/h1-8,11-12,21H,9-10H2. The quantitative estimate of drug-likeness (QED) is 0.745. The van der Waals surface area contributed by atoms with E-state index < -0.39 is 15.8 Å². The lowest BCUT2D eigenvalue weighted by atomic mass is 10.1. The van der Waals surface area contributed by atoms with Gasteiger partial charge in [0.25, 0.3) is 15.9 Å². The molecule has 138 valence electrons. The second-order valence-electron chi connectivity index (χ2n) is 6.09. The van der Waals surface area contributed by atoms with E-state index in [9.17, 15) is 17.6 Å². The van der Waals surface area contributed by atoms with Crippen molar-refractivity contribution in [3.63, 3.8) is 0 Å². The van der Waals surface area contributed by atoms with Crippen LogP contribution >= 0.6 is 0 Å². The molecule has 6 nitrogen and oxygen atoms in total. The van der Waals surface area contributed by atoms with Crippen LogP contribution in [0.4, 0.5) is 15.8 Å². The lowest BCUT2D eigenvalue weighted by Crippen LogP contribution is -2.28. The number of hydrogen-bond donors (Lipinski definition) is 1. The van der Waals surface area contributed by atoms with Crippen LogP contribution in [0, 0.1) is 5.82 Å². The first-order valence-corrected chi connectivity index (χ1v) is 9.69. The van der Waals surface area contributed by atoms with E-state index in [0.717, 1.165) is 17.7 Å². The van der Waals surface area contributed by atoms with Crippen LogP contribution in [0.3, 0.4) is 0 Å². The zero-order chi connectivity index (χ0) is 19.0. The fraction of sp³-hybridized carbons (Fsp3) is 0.105. The average molecular weight is 386 g/mol. The van der Waals surface area contributed by atoms with Gasteiger partial charge in [0.1, 0.15) is 5.82 Å². The molecule has 0 bridgehead atoms. The Morgan fingerprint density at radius 2 is 1.89 bits per heavy atom. The van der Waals surface area contributed by atoms with Gasteiger partial charge < -0.3 is 9.32 Å². The van der Waals surface area contributed by atoms with Gasteiger partial charge in [-0.25, -0.2) is 12.8 Å². The maximum atomic E-state index is 13.0. The summed E-state index contributed by atoms with van der Waals surface area (Å²) < 4.78 is 45.6. The van der Waals surface area contributed by atoms with Gasteiger partial charge >= 0.3 is 0 Å². The number of rotatable bonds is 4. The minimum Gasteiger partial charge on any atom is -0.459 e. The molecular weight excluding hydrogens is 371 g/mol. The summed E-state index contributed by atoms with van der Waals surface area (Å²) in [5.74, 6) is -0.573. The predicted octanol–water partition coefficient (Wildman–Crippen LogP) is 3.42. The maximum Gasteiger partial charge on any atom is 0.293 e. The number of halogens is 1. The van der Waals surface area contributed by atoms with Crippen molar-refractivity contribution in [2.24, 2.45) is 0 Å². The molecule has 2 heterocycles. The van der Waals surface area contributed by atoms with Crippen molar-refractivity contribution in [1.29, 1.82) is 0 Å². The van der Waals surface area contributed by atoms with Gasteiger partial charge in [-0.1, -0.05) is 6.07 Å². The molecule has 0 aliphatic carbocycles. The highest BCUT2D eigenvalue weighted by Crippen LogP contribution is 2.32. The first-order valence-electron chi connectivity index (χ1n) is 8.21. The number of nitrogens with zero attached hydrogens (tertiary/aromatic N) is 1. The van der Waals surface area contributed by atoms with Gasteiger partial charge in [0.2, 0.25) is 0 Å². The summed E-state index contributed by atoms with van der Waals surface area (Å²) in [6.45, 7) is 0.489. The summed E-state index contributed by atoms with van der Waals surface area (Å²) in [4.78, 5) is 14.1. The van der Waals surface area contributed by atoms with Gasteiger partial charge in [0, 0.05) is 12.2 Å². The Morgan fingerprint density at radius 1 is 1.11 bits per heavy atom. The first-order chi connectivity index (χ1) is 12.9. The Balaban J connectivity index is 1.62. The molecule has 8 heteroatoms. The number of furan rings is 1. The fourth-order valence-electron chi connectivity index (χ4n) is 3.01. The van der Waals surface area contributed by atoms with E-state index >= 15 is 0 Å². The lowest BCUT2D eigenvalue weighted by Gasteiger charge is -2.17. The molecule has 0 unspecified atom stereocenters. The molecule has 0 fully saturated rings. The summed E-state index contributed by atoms with van der Waals surface area (Å²) in [5, 5.41) is 0. The molecule has 27 heavy (non-hydrogen) atoms. The third kappa shape index (κ3) is 3.31. The molecule has 1 aliphatic heterocycles. The zero-order valence-electron chi connectivity index (χ0n) is 14.1. The van der Waals surface area contributed by atoms with E-state index in [1.165, 1.54) is 18.4 Å². The van der Waals surface area contributed by atoms with Crippen molar-refractivity contribution in [3.05, 3.63) is 78.0 Å². The highest BCUT2D eigenvalue weighted by atomic mass is 32.2. The first kappa shape index (κ1) is 17.3.